The molecule has 2 aliphatic heterocycles. The van der Waals surface area contributed by atoms with E-state index in [1.54, 1.807) is 0 Å². The van der Waals surface area contributed by atoms with Gasteiger partial charge in [0.15, 0.2) is 0 Å². The van der Waals surface area contributed by atoms with Gasteiger partial charge in [-0.2, -0.15) is 0 Å². The number of carbonyl (C=O) groups is 1. The standard InChI is InChI=1S/C27H28ClN3O/c28-24-11-8-20(9-12-24)18-30-15-4-7-25(19-30)29-27(32)31-16-14-23-17-22(10-13-26(23)31)21-5-2-1-3-6-21/h1-3,5-6,8-13,17,25H,4,7,14-16,18-19H2,(H,29,32). The third-order valence-electron chi connectivity index (χ3n) is 6.48. The van der Waals surface area contributed by atoms with Crippen LogP contribution in [0.2, 0.25) is 5.02 Å². The molecule has 1 N–H and O–H groups in total. The maximum Gasteiger partial charge on any atom is 0.322 e. The topological polar surface area (TPSA) is 35.6 Å². The van der Waals surface area contributed by atoms with E-state index in [0.717, 1.165) is 56.2 Å². The van der Waals surface area contributed by atoms with E-state index in [0.29, 0.717) is 0 Å². The van der Waals surface area contributed by atoms with Gasteiger partial charge < -0.3 is 5.32 Å². The lowest BCUT2D eigenvalue weighted by Crippen LogP contribution is -2.51. The third-order valence-corrected chi connectivity index (χ3v) is 6.73. The van der Waals surface area contributed by atoms with E-state index in [9.17, 15) is 4.79 Å². The van der Waals surface area contributed by atoms with E-state index < -0.39 is 0 Å². The first-order chi connectivity index (χ1) is 15.7. The fraction of sp³-hybridized carbons (Fsp3) is 0.296. The van der Waals surface area contributed by atoms with Crippen LogP contribution in [0.25, 0.3) is 11.1 Å². The number of nitrogens with one attached hydrogen (secondary N) is 1. The molecule has 164 valence electrons. The zero-order valence-corrected chi connectivity index (χ0v) is 18.9. The van der Waals surface area contributed by atoms with Gasteiger partial charge in [-0.15, -0.1) is 0 Å². The summed E-state index contributed by atoms with van der Waals surface area (Å²) in [5.74, 6) is 0. The number of rotatable bonds is 4. The maximum atomic E-state index is 13.1. The summed E-state index contributed by atoms with van der Waals surface area (Å²) in [6.07, 6.45) is 3.02. The molecular weight excluding hydrogens is 418 g/mol. The Balaban J connectivity index is 1.22. The molecular formula is C27H28ClN3O. The number of likely N-dealkylation sites (tertiary alicyclic amines) is 1. The van der Waals surface area contributed by atoms with Crippen LogP contribution in [0.15, 0.2) is 72.8 Å². The van der Waals surface area contributed by atoms with Crippen LogP contribution in [0.1, 0.15) is 24.0 Å². The van der Waals surface area contributed by atoms with Gasteiger partial charge in [-0.05, 0) is 72.3 Å². The molecule has 0 radical (unpaired) electrons. The average Bonchev–Trinajstić information content (AvgIpc) is 3.25. The predicted octanol–water partition coefficient (Wildman–Crippen LogP) is 5.74. The van der Waals surface area contributed by atoms with Crippen LogP contribution in [0.4, 0.5) is 10.5 Å². The molecule has 1 fully saturated rings. The maximum absolute atomic E-state index is 13.1. The van der Waals surface area contributed by atoms with E-state index in [1.807, 2.05) is 23.1 Å². The third kappa shape index (κ3) is 4.67. The second-order valence-electron chi connectivity index (χ2n) is 8.76. The van der Waals surface area contributed by atoms with Crippen LogP contribution < -0.4 is 10.2 Å². The van der Waals surface area contributed by atoms with Crippen molar-refractivity contribution in [2.24, 2.45) is 0 Å². The van der Waals surface area contributed by atoms with Crippen LogP contribution in [0.5, 0.6) is 0 Å². The van der Waals surface area contributed by atoms with Gasteiger partial charge in [0.1, 0.15) is 0 Å². The lowest BCUT2D eigenvalue weighted by Gasteiger charge is -2.34. The number of benzene rings is 3. The molecule has 1 unspecified atom stereocenters. The normalized spacial score (nSPS) is 18.4. The van der Waals surface area contributed by atoms with Gasteiger partial charge >= 0.3 is 6.03 Å². The first-order valence-electron chi connectivity index (χ1n) is 11.4. The number of fused-ring (bicyclic) bond motifs is 1. The van der Waals surface area contributed by atoms with Crippen molar-refractivity contribution in [1.29, 1.82) is 0 Å². The molecule has 0 bridgehead atoms. The molecule has 5 rings (SSSR count). The summed E-state index contributed by atoms with van der Waals surface area (Å²) >= 11 is 6.01. The zero-order chi connectivity index (χ0) is 21.9. The van der Waals surface area contributed by atoms with Gasteiger partial charge in [-0.25, -0.2) is 4.79 Å². The fourth-order valence-electron chi connectivity index (χ4n) is 4.84. The summed E-state index contributed by atoms with van der Waals surface area (Å²) in [5, 5.41) is 4.06. The van der Waals surface area contributed by atoms with Gasteiger partial charge in [-0.3, -0.25) is 9.80 Å². The quantitative estimate of drug-likeness (QED) is 0.555. The van der Waals surface area contributed by atoms with Gasteiger partial charge in [0.05, 0.1) is 0 Å². The molecule has 2 heterocycles. The summed E-state index contributed by atoms with van der Waals surface area (Å²) in [6, 6.07) is 25.1. The van der Waals surface area contributed by atoms with E-state index in [4.69, 9.17) is 11.6 Å². The number of carbonyl (C=O) groups excluding carboxylic acids is 1. The van der Waals surface area contributed by atoms with Crippen molar-refractivity contribution in [2.75, 3.05) is 24.5 Å². The highest BCUT2D eigenvalue weighted by Crippen LogP contribution is 2.32. The first-order valence-corrected chi connectivity index (χ1v) is 11.8. The Morgan fingerprint density at radius 2 is 1.78 bits per heavy atom. The van der Waals surface area contributed by atoms with Crippen LogP contribution in [0.3, 0.4) is 0 Å². The Morgan fingerprint density at radius 1 is 0.969 bits per heavy atom. The Kier molecular flexibility index (Phi) is 6.15. The van der Waals surface area contributed by atoms with Crippen molar-refractivity contribution >= 4 is 23.3 Å². The molecule has 3 aromatic rings. The van der Waals surface area contributed by atoms with E-state index in [2.05, 4.69) is 64.8 Å². The van der Waals surface area contributed by atoms with Crippen LogP contribution >= 0.6 is 11.6 Å². The highest BCUT2D eigenvalue weighted by atomic mass is 35.5. The SMILES string of the molecule is O=C(NC1CCCN(Cc2ccc(Cl)cc2)C1)N1CCc2cc(-c3ccccc3)ccc21. The predicted molar refractivity (Wildman–Crippen MR) is 131 cm³/mol. The van der Waals surface area contributed by atoms with E-state index in [-0.39, 0.29) is 12.1 Å². The first kappa shape index (κ1) is 21.0. The minimum atomic E-state index is 0.0227. The van der Waals surface area contributed by atoms with Crippen molar-refractivity contribution in [3.05, 3.63) is 88.9 Å². The summed E-state index contributed by atoms with van der Waals surface area (Å²) in [5.41, 5.74) is 5.95. The minimum Gasteiger partial charge on any atom is -0.334 e. The Bertz CT molecular complexity index is 1080. The monoisotopic (exact) mass is 445 g/mol. The van der Waals surface area contributed by atoms with Crippen LogP contribution in [0, 0.1) is 0 Å². The second kappa shape index (κ2) is 9.35. The van der Waals surface area contributed by atoms with Crippen LogP contribution in [-0.2, 0) is 13.0 Å². The number of urea groups is 1. The Hall–Kier alpha value is -2.82. The van der Waals surface area contributed by atoms with Crippen molar-refractivity contribution in [3.8, 4) is 11.1 Å². The number of anilines is 1. The number of piperidine rings is 1. The lowest BCUT2D eigenvalue weighted by atomic mass is 10.0. The van der Waals surface area contributed by atoms with Crippen LogP contribution in [-0.4, -0.2) is 36.6 Å². The second-order valence-corrected chi connectivity index (χ2v) is 9.20. The van der Waals surface area contributed by atoms with Crippen molar-refractivity contribution in [1.82, 2.24) is 10.2 Å². The minimum absolute atomic E-state index is 0.0227. The summed E-state index contributed by atoms with van der Waals surface area (Å²) in [4.78, 5) is 17.4. The highest BCUT2D eigenvalue weighted by molar-refractivity contribution is 6.30. The summed E-state index contributed by atoms with van der Waals surface area (Å²) in [6.45, 7) is 3.56. The molecule has 0 spiro atoms. The molecule has 1 atom stereocenters. The molecule has 4 nitrogen and oxygen atoms in total. The fourth-order valence-corrected chi connectivity index (χ4v) is 4.97. The van der Waals surface area contributed by atoms with Crippen molar-refractivity contribution in [2.45, 2.75) is 31.8 Å². The van der Waals surface area contributed by atoms with E-state index >= 15 is 0 Å². The Labute approximate surface area is 194 Å². The molecule has 1 saturated heterocycles. The molecule has 0 aromatic heterocycles. The van der Waals surface area contributed by atoms with Crippen molar-refractivity contribution in [3.63, 3.8) is 0 Å². The highest BCUT2D eigenvalue weighted by Gasteiger charge is 2.28. The number of amides is 2. The number of hydrogen-bond acceptors (Lipinski definition) is 2. The zero-order valence-electron chi connectivity index (χ0n) is 18.1. The molecule has 0 saturated carbocycles. The van der Waals surface area contributed by atoms with Crippen molar-refractivity contribution < 1.29 is 4.79 Å². The number of halogens is 1. The van der Waals surface area contributed by atoms with E-state index in [1.165, 1.54) is 22.3 Å². The average molecular weight is 446 g/mol. The summed E-state index contributed by atoms with van der Waals surface area (Å²) < 4.78 is 0. The lowest BCUT2D eigenvalue weighted by molar-refractivity contribution is 0.182. The molecule has 2 aliphatic rings. The molecule has 32 heavy (non-hydrogen) atoms. The van der Waals surface area contributed by atoms with Gasteiger partial charge in [-0.1, -0.05) is 60.1 Å². The van der Waals surface area contributed by atoms with Gasteiger partial charge in [0.2, 0.25) is 0 Å². The molecule has 5 heteroatoms. The largest absolute Gasteiger partial charge is 0.334 e. The summed E-state index contributed by atoms with van der Waals surface area (Å²) in [7, 11) is 0. The number of hydrogen-bond donors (Lipinski definition) is 1. The van der Waals surface area contributed by atoms with Gasteiger partial charge in [0, 0.05) is 36.4 Å². The Morgan fingerprint density at radius 3 is 2.59 bits per heavy atom. The number of nitrogens with zero attached hydrogens (tertiary/aromatic N) is 2. The van der Waals surface area contributed by atoms with Gasteiger partial charge in [0.25, 0.3) is 0 Å². The molecule has 2 amide bonds. The smallest absolute Gasteiger partial charge is 0.322 e. The molecule has 0 aliphatic carbocycles. The molecule has 3 aromatic carbocycles.